The van der Waals surface area contributed by atoms with Gasteiger partial charge in [0.1, 0.15) is 12.4 Å². The SMILES string of the molecule is Cc1nn(Cc2cccc(C(N)=O)c2)c(C)c1NC(=O)c1ccc(COc2ccccc2)cc1. The van der Waals surface area contributed by atoms with Crippen LogP contribution in [-0.2, 0) is 13.2 Å². The van der Waals surface area contributed by atoms with Crippen LogP contribution in [-0.4, -0.2) is 21.6 Å². The number of anilines is 1. The third-order valence-electron chi connectivity index (χ3n) is 5.53. The van der Waals surface area contributed by atoms with E-state index in [2.05, 4.69) is 10.4 Å². The number of ether oxygens (including phenoxy) is 1. The maximum Gasteiger partial charge on any atom is 0.255 e. The Balaban J connectivity index is 1.42. The number of hydrogen-bond acceptors (Lipinski definition) is 4. The van der Waals surface area contributed by atoms with E-state index in [0.29, 0.717) is 35.7 Å². The van der Waals surface area contributed by atoms with E-state index in [1.54, 1.807) is 35.0 Å². The average molecular weight is 455 g/mol. The number of benzene rings is 3. The van der Waals surface area contributed by atoms with E-state index in [1.807, 2.05) is 62.4 Å². The molecule has 3 aromatic carbocycles. The van der Waals surface area contributed by atoms with Gasteiger partial charge in [0.05, 0.1) is 23.6 Å². The molecule has 0 bridgehead atoms. The van der Waals surface area contributed by atoms with Crippen LogP contribution in [0.15, 0.2) is 78.9 Å². The molecule has 4 rings (SSSR count). The number of carbonyl (C=O) groups is 2. The van der Waals surface area contributed by atoms with Gasteiger partial charge >= 0.3 is 0 Å². The summed E-state index contributed by atoms with van der Waals surface area (Å²) in [6.45, 7) is 4.63. The van der Waals surface area contributed by atoms with Crippen molar-refractivity contribution in [2.45, 2.75) is 27.0 Å². The maximum atomic E-state index is 12.9. The minimum absolute atomic E-state index is 0.211. The molecule has 0 fully saturated rings. The van der Waals surface area contributed by atoms with Crippen LogP contribution in [0.3, 0.4) is 0 Å². The first-order chi connectivity index (χ1) is 16.4. The van der Waals surface area contributed by atoms with E-state index in [9.17, 15) is 9.59 Å². The topological polar surface area (TPSA) is 99.2 Å². The van der Waals surface area contributed by atoms with Gasteiger partial charge in [0.25, 0.3) is 5.91 Å². The van der Waals surface area contributed by atoms with E-state index in [1.165, 1.54) is 0 Å². The van der Waals surface area contributed by atoms with E-state index < -0.39 is 5.91 Å². The molecule has 7 nitrogen and oxygen atoms in total. The van der Waals surface area contributed by atoms with Gasteiger partial charge in [0.2, 0.25) is 5.91 Å². The van der Waals surface area contributed by atoms with Crippen LogP contribution in [0.1, 0.15) is 43.2 Å². The zero-order valence-corrected chi connectivity index (χ0v) is 19.1. The molecule has 1 aromatic heterocycles. The summed E-state index contributed by atoms with van der Waals surface area (Å²) in [5.74, 6) is 0.117. The lowest BCUT2D eigenvalue weighted by Gasteiger charge is -2.09. The predicted molar refractivity (Wildman–Crippen MR) is 131 cm³/mol. The van der Waals surface area contributed by atoms with Gasteiger partial charge in [0, 0.05) is 11.1 Å². The monoisotopic (exact) mass is 454 g/mol. The highest BCUT2D eigenvalue weighted by Crippen LogP contribution is 2.22. The first-order valence-electron chi connectivity index (χ1n) is 10.9. The third kappa shape index (κ3) is 5.32. The summed E-state index contributed by atoms with van der Waals surface area (Å²) < 4.78 is 7.55. The van der Waals surface area contributed by atoms with Crippen LogP contribution < -0.4 is 15.8 Å². The molecule has 0 saturated carbocycles. The third-order valence-corrected chi connectivity index (χ3v) is 5.53. The van der Waals surface area contributed by atoms with Gasteiger partial charge in [0.15, 0.2) is 0 Å². The lowest BCUT2D eigenvalue weighted by molar-refractivity contribution is 0.0997. The molecule has 0 aliphatic rings. The summed E-state index contributed by atoms with van der Waals surface area (Å²) in [6.07, 6.45) is 0. The fourth-order valence-electron chi connectivity index (χ4n) is 3.65. The van der Waals surface area contributed by atoms with Crippen LogP contribution in [0.4, 0.5) is 5.69 Å². The standard InChI is InChI=1S/C27H26N4O3/c1-18-25(19(2)31(30-18)16-21-7-6-8-23(15-21)26(28)32)29-27(33)22-13-11-20(12-14-22)17-34-24-9-4-3-5-10-24/h3-15H,16-17H2,1-2H3,(H2,28,32)(H,29,33). The first kappa shape index (κ1) is 22.8. The van der Waals surface area contributed by atoms with E-state index in [-0.39, 0.29) is 5.91 Å². The molecular formula is C27H26N4O3. The number of nitrogens with zero attached hydrogens (tertiary/aromatic N) is 2. The number of aromatic nitrogens is 2. The predicted octanol–water partition coefficient (Wildman–Crippen LogP) is 4.48. The molecule has 0 atom stereocenters. The molecule has 4 aromatic rings. The van der Waals surface area contributed by atoms with E-state index >= 15 is 0 Å². The lowest BCUT2D eigenvalue weighted by atomic mass is 10.1. The molecule has 0 spiro atoms. The molecule has 0 unspecified atom stereocenters. The summed E-state index contributed by atoms with van der Waals surface area (Å²) in [4.78, 5) is 24.3. The highest BCUT2D eigenvalue weighted by Gasteiger charge is 2.16. The fourth-order valence-corrected chi connectivity index (χ4v) is 3.65. The number of para-hydroxylation sites is 1. The fraction of sp³-hybridized carbons (Fsp3) is 0.148. The molecule has 2 amide bonds. The highest BCUT2D eigenvalue weighted by atomic mass is 16.5. The molecule has 172 valence electrons. The number of nitrogens with two attached hydrogens (primary N) is 1. The van der Waals surface area contributed by atoms with Crippen molar-refractivity contribution in [3.63, 3.8) is 0 Å². The Bertz CT molecular complexity index is 1310. The summed E-state index contributed by atoms with van der Waals surface area (Å²) in [5, 5.41) is 7.54. The number of aryl methyl sites for hydroxylation is 1. The number of nitrogens with one attached hydrogen (secondary N) is 1. The molecule has 3 N–H and O–H groups in total. The Labute approximate surface area is 198 Å². The lowest BCUT2D eigenvalue weighted by Crippen LogP contribution is -2.14. The van der Waals surface area contributed by atoms with Gasteiger partial charge < -0.3 is 15.8 Å². The van der Waals surface area contributed by atoms with Crippen molar-refractivity contribution in [3.8, 4) is 5.75 Å². The smallest absolute Gasteiger partial charge is 0.255 e. The zero-order valence-electron chi connectivity index (χ0n) is 19.1. The number of primary amides is 1. The molecule has 0 aliphatic heterocycles. The number of carbonyl (C=O) groups excluding carboxylic acids is 2. The van der Waals surface area contributed by atoms with Crippen LogP contribution >= 0.6 is 0 Å². The molecule has 34 heavy (non-hydrogen) atoms. The Morgan fingerprint density at radius 1 is 0.912 bits per heavy atom. The molecule has 0 aliphatic carbocycles. The summed E-state index contributed by atoms with van der Waals surface area (Å²) in [7, 11) is 0. The summed E-state index contributed by atoms with van der Waals surface area (Å²) in [6, 6.07) is 24.0. The quantitative estimate of drug-likeness (QED) is 0.410. The van der Waals surface area contributed by atoms with Crippen molar-refractivity contribution >= 4 is 17.5 Å². The Morgan fingerprint density at radius 3 is 2.35 bits per heavy atom. The molecule has 7 heteroatoms. The van der Waals surface area contributed by atoms with Crippen molar-refractivity contribution in [1.29, 1.82) is 0 Å². The largest absolute Gasteiger partial charge is 0.489 e. The minimum atomic E-state index is -0.471. The Hall–Kier alpha value is -4.39. The molecule has 0 saturated heterocycles. The van der Waals surface area contributed by atoms with E-state index in [4.69, 9.17) is 10.5 Å². The van der Waals surface area contributed by atoms with Crippen molar-refractivity contribution in [1.82, 2.24) is 9.78 Å². The maximum absolute atomic E-state index is 12.9. The zero-order chi connectivity index (χ0) is 24.1. The Morgan fingerprint density at radius 2 is 1.65 bits per heavy atom. The van der Waals surface area contributed by atoms with Gasteiger partial charge in [-0.3, -0.25) is 14.3 Å². The summed E-state index contributed by atoms with van der Waals surface area (Å²) >= 11 is 0. The van der Waals surface area contributed by atoms with Gasteiger partial charge in [-0.25, -0.2) is 0 Å². The minimum Gasteiger partial charge on any atom is -0.489 e. The van der Waals surface area contributed by atoms with Crippen LogP contribution in [0, 0.1) is 13.8 Å². The highest BCUT2D eigenvalue weighted by molar-refractivity contribution is 6.04. The number of amides is 2. The number of hydrogen-bond donors (Lipinski definition) is 2. The second kappa shape index (κ2) is 10.0. The normalized spacial score (nSPS) is 10.6. The van der Waals surface area contributed by atoms with Gasteiger partial charge in [-0.15, -0.1) is 0 Å². The van der Waals surface area contributed by atoms with Crippen LogP contribution in [0.5, 0.6) is 5.75 Å². The number of rotatable bonds is 8. The first-order valence-corrected chi connectivity index (χ1v) is 10.9. The second-order valence-corrected chi connectivity index (χ2v) is 8.02. The second-order valence-electron chi connectivity index (χ2n) is 8.02. The van der Waals surface area contributed by atoms with Crippen LogP contribution in [0.25, 0.3) is 0 Å². The van der Waals surface area contributed by atoms with Crippen molar-refractivity contribution in [2.24, 2.45) is 5.73 Å². The van der Waals surface area contributed by atoms with Crippen molar-refractivity contribution in [2.75, 3.05) is 5.32 Å². The average Bonchev–Trinajstić information content (AvgIpc) is 3.11. The van der Waals surface area contributed by atoms with Gasteiger partial charge in [-0.1, -0.05) is 42.5 Å². The summed E-state index contributed by atoms with van der Waals surface area (Å²) in [5.41, 5.74) is 10.5. The van der Waals surface area contributed by atoms with Crippen molar-refractivity contribution < 1.29 is 14.3 Å². The molecule has 1 heterocycles. The van der Waals surface area contributed by atoms with Gasteiger partial charge in [-0.2, -0.15) is 5.10 Å². The van der Waals surface area contributed by atoms with Crippen LogP contribution in [0.2, 0.25) is 0 Å². The van der Waals surface area contributed by atoms with Crippen molar-refractivity contribution in [3.05, 3.63) is 113 Å². The molecule has 0 radical (unpaired) electrons. The van der Waals surface area contributed by atoms with E-state index in [0.717, 1.165) is 22.6 Å². The Kier molecular flexibility index (Phi) is 6.73. The van der Waals surface area contributed by atoms with Gasteiger partial charge in [-0.05, 0) is 61.4 Å². The molecular weight excluding hydrogens is 428 g/mol.